The van der Waals surface area contributed by atoms with E-state index in [1.807, 2.05) is 0 Å². The Labute approximate surface area is 46.7 Å². The monoisotopic (exact) mass is 206 g/mol. The lowest BCUT2D eigenvalue weighted by molar-refractivity contribution is 0.278. The minimum absolute atomic E-state index is 0.273. The third kappa shape index (κ3) is 4.68. The zero-order valence-corrected chi connectivity index (χ0v) is 5.05. The average Bonchev–Trinajstić information content (AvgIpc) is 1.38. The van der Waals surface area contributed by atoms with E-state index in [2.05, 4.69) is 0 Å². The van der Waals surface area contributed by atoms with Crippen molar-refractivity contribution in [3.05, 3.63) is 0 Å². The summed E-state index contributed by atoms with van der Waals surface area (Å²) in [5.74, 6) is 0. The molecular formula is CFIOS. The van der Waals surface area contributed by atoms with E-state index in [0.717, 1.165) is 0 Å². The molecule has 0 aromatic heterocycles. The average molecular weight is 206 g/mol. The molecule has 0 unspecified atom stereocenters. The lowest BCUT2D eigenvalue weighted by atomic mass is 11.8. The van der Waals surface area contributed by atoms with E-state index in [0.29, 0.717) is 0 Å². The normalized spacial score (nSPS) is 7.60. The molecular weight excluding hydrogens is 206 g/mol. The van der Waals surface area contributed by atoms with Crippen molar-refractivity contribution in [1.29, 1.82) is 0 Å². The molecule has 0 saturated heterocycles. The molecule has 0 fully saturated rings. The van der Waals surface area contributed by atoms with Gasteiger partial charge in [-0.25, -0.2) is 0 Å². The van der Waals surface area contributed by atoms with E-state index < -0.39 is 3.12 Å². The van der Waals surface area contributed by atoms with Crippen LogP contribution >= 0.6 is 34.7 Å². The Kier molecular flexibility index (Phi) is 3.29. The van der Waals surface area contributed by atoms with Crippen molar-refractivity contribution in [1.82, 2.24) is 0 Å². The predicted molar refractivity (Wildman–Crippen MR) is 28.1 cm³/mol. The molecule has 0 heterocycles. The van der Waals surface area contributed by atoms with Crippen molar-refractivity contribution >= 4 is 37.9 Å². The smallest absolute Gasteiger partial charge is 0.272 e. The Morgan fingerprint density at radius 1 is 2.00 bits per heavy atom. The SMILES string of the molecule is O=C(I)SF. The highest BCUT2D eigenvalue weighted by atomic mass is 127. The minimum Gasteiger partial charge on any atom is -0.272 e. The van der Waals surface area contributed by atoms with Gasteiger partial charge in [-0.2, -0.15) is 3.89 Å². The van der Waals surface area contributed by atoms with E-state index in [1.54, 1.807) is 0 Å². The van der Waals surface area contributed by atoms with E-state index in [1.165, 1.54) is 22.6 Å². The predicted octanol–water partition coefficient (Wildman–Crippen LogP) is 2.16. The van der Waals surface area contributed by atoms with Crippen LogP contribution in [0.1, 0.15) is 0 Å². The van der Waals surface area contributed by atoms with E-state index in [4.69, 9.17) is 0 Å². The third-order valence-corrected chi connectivity index (χ3v) is 0.681. The molecule has 1 nitrogen and oxygen atoms in total. The van der Waals surface area contributed by atoms with E-state index >= 15 is 0 Å². The maximum atomic E-state index is 10.7. The Morgan fingerprint density at radius 2 is 2.20 bits per heavy atom. The second-order valence-corrected chi connectivity index (χ2v) is 2.55. The lowest BCUT2D eigenvalue weighted by Gasteiger charge is -1.63. The van der Waals surface area contributed by atoms with Gasteiger partial charge in [-0.3, -0.25) is 4.79 Å². The summed E-state index contributed by atoms with van der Waals surface area (Å²) >= 11 is 1.08. The highest BCUT2D eigenvalue weighted by Crippen LogP contribution is 2.08. The summed E-state index contributed by atoms with van der Waals surface area (Å²) in [7, 11) is 0. The summed E-state index contributed by atoms with van der Waals surface area (Å²) in [6.45, 7) is 0. The molecule has 0 atom stereocenters. The van der Waals surface area contributed by atoms with Crippen LogP contribution in [-0.4, -0.2) is 3.12 Å². The van der Waals surface area contributed by atoms with Gasteiger partial charge in [0.2, 0.25) is 0 Å². The van der Waals surface area contributed by atoms with Gasteiger partial charge < -0.3 is 0 Å². The second kappa shape index (κ2) is 2.89. The molecule has 0 aromatic carbocycles. The Hall–Kier alpha value is 0.680. The van der Waals surface area contributed by atoms with Gasteiger partial charge in [-0.1, -0.05) is 0 Å². The number of hydrogen-bond donors (Lipinski definition) is 0. The highest BCUT2D eigenvalue weighted by Gasteiger charge is 1.87. The largest absolute Gasteiger partial charge is 0.280 e. The standard InChI is InChI=1S/CFIOS/c2-5-1(3)4. The number of carbonyl (C=O) groups excluding carboxylic acids is 1. The van der Waals surface area contributed by atoms with Crippen molar-refractivity contribution in [3.8, 4) is 0 Å². The van der Waals surface area contributed by atoms with Crippen LogP contribution < -0.4 is 0 Å². The van der Waals surface area contributed by atoms with Crippen LogP contribution in [0.25, 0.3) is 0 Å². The molecule has 0 aliphatic rings. The first-order valence-corrected chi connectivity index (χ1v) is 2.55. The molecule has 4 heteroatoms. The minimum atomic E-state index is -0.525. The van der Waals surface area contributed by atoms with Crippen molar-refractivity contribution < 1.29 is 8.68 Å². The molecule has 30 valence electrons. The van der Waals surface area contributed by atoms with Crippen LogP contribution in [0, 0.1) is 0 Å². The summed E-state index contributed by atoms with van der Waals surface area (Å²) in [5, 5.41) is 0. The first-order valence-electron chi connectivity index (χ1n) is 0.752. The molecule has 0 rings (SSSR count). The van der Waals surface area contributed by atoms with Crippen LogP contribution in [0.3, 0.4) is 0 Å². The van der Waals surface area contributed by atoms with Crippen LogP contribution in [-0.2, 0) is 0 Å². The van der Waals surface area contributed by atoms with Crippen LogP contribution in [0.5, 0.6) is 0 Å². The topological polar surface area (TPSA) is 17.1 Å². The molecule has 5 heavy (non-hydrogen) atoms. The van der Waals surface area contributed by atoms with Crippen molar-refractivity contribution in [2.24, 2.45) is 0 Å². The van der Waals surface area contributed by atoms with Crippen LogP contribution in [0.15, 0.2) is 0 Å². The molecule has 0 amide bonds. The molecule has 0 spiro atoms. The first kappa shape index (κ1) is 5.68. The summed E-state index contributed by atoms with van der Waals surface area (Å²) in [6, 6.07) is 0. The van der Waals surface area contributed by atoms with Gasteiger partial charge in [0.25, 0.3) is 3.12 Å². The fourth-order valence-electron chi connectivity index (χ4n) is 0. The fourth-order valence-corrected chi connectivity index (χ4v) is 0. The van der Waals surface area contributed by atoms with Gasteiger partial charge >= 0.3 is 0 Å². The lowest BCUT2D eigenvalue weighted by Crippen LogP contribution is -1.54. The first-order chi connectivity index (χ1) is 2.27. The molecule has 0 aliphatic carbocycles. The molecule has 0 radical (unpaired) electrons. The summed E-state index contributed by atoms with van der Waals surface area (Å²) < 4.78 is 10.2. The van der Waals surface area contributed by atoms with E-state index in [-0.39, 0.29) is 12.1 Å². The molecule has 0 N–H and O–H groups in total. The Balaban J connectivity index is 2.85. The Bertz CT molecular complexity index is 46.9. The van der Waals surface area contributed by atoms with Gasteiger partial charge in [0.15, 0.2) is 0 Å². The molecule has 0 aliphatic heterocycles. The van der Waals surface area contributed by atoms with Gasteiger partial charge in [-0.15, -0.1) is 0 Å². The zero-order chi connectivity index (χ0) is 4.28. The van der Waals surface area contributed by atoms with Gasteiger partial charge in [-0.05, 0) is 0 Å². The second-order valence-electron chi connectivity index (χ2n) is 0.315. The number of hydrogen-bond acceptors (Lipinski definition) is 2. The summed E-state index contributed by atoms with van der Waals surface area (Å²) in [6.07, 6.45) is 0. The highest BCUT2D eigenvalue weighted by molar-refractivity contribution is 14.1. The molecule has 0 bridgehead atoms. The quantitative estimate of drug-likeness (QED) is 0.446. The molecule has 0 aromatic rings. The van der Waals surface area contributed by atoms with E-state index in [9.17, 15) is 8.68 Å². The zero-order valence-electron chi connectivity index (χ0n) is 2.07. The number of halogens is 2. The third-order valence-electron chi connectivity index (χ3n) is 0.0607. The summed E-state index contributed by atoms with van der Waals surface area (Å²) in [5.41, 5.74) is 0. The maximum absolute atomic E-state index is 10.7. The fraction of sp³-hybridized carbons (Fsp3) is 0. The van der Waals surface area contributed by atoms with Crippen molar-refractivity contribution in [3.63, 3.8) is 0 Å². The van der Waals surface area contributed by atoms with Crippen LogP contribution in [0.4, 0.5) is 8.68 Å². The maximum Gasteiger partial charge on any atom is 0.280 e. The van der Waals surface area contributed by atoms with Crippen molar-refractivity contribution in [2.45, 2.75) is 0 Å². The Morgan fingerprint density at radius 3 is 2.20 bits per heavy atom. The van der Waals surface area contributed by atoms with Crippen molar-refractivity contribution in [2.75, 3.05) is 0 Å². The van der Waals surface area contributed by atoms with Gasteiger partial charge in [0, 0.05) is 22.6 Å². The van der Waals surface area contributed by atoms with Gasteiger partial charge in [0.05, 0.1) is 0 Å². The van der Waals surface area contributed by atoms with Crippen LogP contribution in [0.2, 0.25) is 0 Å². The molecule has 0 saturated carbocycles. The summed E-state index contributed by atoms with van der Waals surface area (Å²) in [4.78, 5) is 9.39. The number of rotatable bonds is 0. The number of carbonyl (C=O) groups is 1. The van der Waals surface area contributed by atoms with Gasteiger partial charge in [0.1, 0.15) is 12.1 Å².